The van der Waals surface area contributed by atoms with Crippen LogP contribution >= 0.6 is 0 Å². The third kappa shape index (κ3) is 18.6. The molecule has 15 nitrogen and oxygen atoms in total. The summed E-state index contributed by atoms with van der Waals surface area (Å²) in [5, 5.41) is 0. The minimum absolute atomic E-state index is 0.416. The lowest BCUT2D eigenvalue weighted by Gasteiger charge is -2.20. The maximum absolute atomic E-state index is 11.7. The van der Waals surface area contributed by atoms with Crippen molar-refractivity contribution in [3.05, 3.63) is 147 Å². The highest BCUT2D eigenvalue weighted by Gasteiger charge is 2.25. The number of aldehydes is 3. The van der Waals surface area contributed by atoms with Crippen LogP contribution in [0.1, 0.15) is 186 Å². The number of hydrogen-bond donors (Lipinski definition) is 0. The van der Waals surface area contributed by atoms with Gasteiger partial charge in [0, 0.05) is 46.9 Å². The number of carbonyl (C=O) groups is 3. The second-order valence-electron chi connectivity index (χ2n) is 23.1. The number of rotatable bonds is 3. The fourth-order valence-electron chi connectivity index (χ4n) is 11.4. The summed E-state index contributed by atoms with van der Waals surface area (Å²) in [5.41, 5.74) is 9.30. The Kier molecular flexibility index (Phi) is 24.4. The van der Waals surface area contributed by atoms with Crippen molar-refractivity contribution < 1.29 is 71.2 Å². The summed E-state index contributed by atoms with van der Waals surface area (Å²) in [6.07, 6.45) is 19.4. The number of carbonyl (C=O) groups excluding carboxylic acids is 3. The van der Waals surface area contributed by atoms with E-state index in [-0.39, 0.29) is 0 Å². The van der Waals surface area contributed by atoms with E-state index in [0.29, 0.717) is 168 Å². The van der Waals surface area contributed by atoms with Crippen molar-refractivity contribution in [2.24, 2.45) is 0 Å². The average Bonchev–Trinajstić information content (AvgIpc) is 1.96. The first-order valence-electron chi connectivity index (χ1n) is 32.2. The number of fused-ring (bicyclic) bond motifs is 11. The molecule has 0 atom stereocenters. The minimum atomic E-state index is 0.416. The summed E-state index contributed by atoms with van der Waals surface area (Å²) in [5.74, 6) is 7.58. The molecule has 3 heterocycles. The summed E-state index contributed by atoms with van der Waals surface area (Å²) in [6.45, 7) is 6.54. The average molecular weight is 1200 g/mol. The van der Waals surface area contributed by atoms with Gasteiger partial charge in [0.25, 0.3) is 0 Å². The van der Waals surface area contributed by atoms with Crippen LogP contribution in [0.4, 0.5) is 0 Å². The van der Waals surface area contributed by atoms with E-state index in [0.717, 1.165) is 191 Å². The van der Waals surface area contributed by atoms with E-state index in [9.17, 15) is 14.4 Å². The minimum Gasteiger partial charge on any atom is -0.493 e. The molecular weight excluding hydrogens is 1120 g/mol. The molecule has 2 bridgehead atoms. The Morgan fingerprint density at radius 1 is 0.239 bits per heavy atom. The molecule has 6 aromatic carbocycles. The Labute approximate surface area is 518 Å². The van der Waals surface area contributed by atoms with Crippen LogP contribution in [-0.2, 0) is 30.6 Å². The van der Waals surface area contributed by atoms with Gasteiger partial charge in [0.05, 0.1) is 79.3 Å². The largest absolute Gasteiger partial charge is 0.493 e. The molecule has 4 aliphatic rings. The SMILES string of the molecule is O=Cc1ccc2c(c1)OCCCCCOc1cc3c(cc1OCCCCCOC2)Cc1cc2c(cc1Cc1c(cc4cc1OCCCCCOc1cc(C=O)ccc1OCCCCCO4)C3)OCCCCCOc1ccc(C=O)cc1OCCCCCO2. The Balaban J connectivity index is 0.953. The van der Waals surface area contributed by atoms with Crippen LogP contribution in [0.25, 0.3) is 0 Å². The highest BCUT2D eigenvalue weighted by atomic mass is 16.5. The maximum atomic E-state index is 11.7. The Morgan fingerprint density at radius 3 is 0.977 bits per heavy atom. The summed E-state index contributed by atoms with van der Waals surface area (Å²) in [7, 11) is 0. The number of hydrogen-bond acceptors (Lipinski definition) is 15. The Bertz CT molecular complexity index is 3230. The molecule has 0 N–H and O–H groups in total. The smallest absolute Gasteiger partial charge is 0.161 e. The second-order valence-corrected chi connectivity index (χ2v) is 23.1. The van der Waals surface area contributed by atoms with Gasteiger partial charge in [-0.15, -0.1) is 0 Å². The quantitative estimate of drug-likeness (QED) is 0.154. The first kappa shape index (κ1) is 63.1. The van der Waals surface area contributed by atoms with Gasteiger partial charge in [0.1, 0.15) is 36.1 Å². The van der Waals surface area contributed by atoms with Crippen LogP contribution in [-0.4, -0.2) is 98.1 Å². The van der Waals surface area contributed by atoms with Gasteiger partial charge in [0.15, 0.2) is 46.0 Å². The lowest BCUT2D eigenvalue weighted by Crippen LogP contribution is -2.09. The molecule has 10 rings (SSSR count). The van der Waals surface area contributed by atoms with E-state index < -0.39 is 0 Å². The zero-order chi connectivity index (χ0) is 60.4. The van der Waals surface area contributed by atoms with Crippen molar-refractivity contribution in [1.29, 1.82) is 0 Å². The third-order valence-electron chi connectivity index (χ3n) is 16.3. The molecule has 468 valence electrons. The van der Waals surface area contributed by atoms with E-state index in [2.05, 4.69) is 36.4 Å². The fourth-order valence-corrected chi connectivity index (χ4v) is 11.4. The Morgan fingerprint density at radius 2 is 0.557 bits per heavy atom. The predicted molar refractivity (Wildman–Crippen MR) is 336 cm³/mol. The van der Waals surface area contributed by atoms with Gasteiger partial charge in [-0.1, -0.05) is 12.1 Å². The molecule has 0 amide bonds. The normalized spacial score (nSPS) is 17.5. The van der Waals surface area contributed by atoms with E-state index >= 15 is 0 Å². The lowest BCUT2D eigenvalue weighted by molar-refractivity contribution is 0.111. The molecule has 0 saturated carbocycles. The highest BCUT2D eigenvalue weighted by molar-refractivity contribution is 5.77. The zero-order valence-corrected chi connectivity index (χ0v) is 51.1. The van der Waals surface area contributed by atoms with Crippen molar-refractivity contribution >= 4 is 18.9 Å². The highest BCUT2D eigenvalue weighted by Crippen LogP contribution is 2.43. The summed E-state index contributed by atoms with van der Waals surface area (Å²) in [6, 6.07) is 29.3. The lowest BCUT2D eigenvalue weighted by atomic mass is 9.93. The predicted octanol–water partition coefficient (Wildman–Crippen LogP) is 15.1. The molecular formula is C73H86O15. The molecule has 0 saturated heterocycles. The van der Waals surface area contributed by atoms with Gasteiger partial charge < -0.3 is 56.8 Å². The molecule has 15 heteroatoms. The zero-order valence-electron chi connectivity index (χ0n) is 51.1. The van der Waals surface area contributed by atoms with Gasteiger partial charge in [-0.2, -0.15) is 0 Å². The second kappa shape index (κ2) is 34.0. The molecule has 3 aliphatic heterocycles. The van der Waals surface area contributed by atoms with Gasteiger partial charge in [-0.05, 0) is 229 Å². The summed E-state index contributed by atoms with van der Waals surface area (Å²) >= 11 is 0. The van der Waals surface area contributed by atoms with E-state index in [1.807, 2.05) is 24.3 Å². The fraction of sp³-hybridized carbons (Fsp3) is 0.466. The molecule has 1 aliphatic carbocycles. The first-order chi connectivity index (χ1) is 43.5. The van der Waals surface area contributed by atoms with Crippen LogP contribution < -0.4 is 52.1 Å². The van der Waals surface area contributed by atoms with Crippen molar-refractivity contribution in [1.82, 2.24) is 0 Å². The van der Waals surface area contributed by atoms with Crippen LogP contribution in [0, 0.1) is 0 Å². The molecule has 0 unspecified atom stereocenters. The Hall–Kier alpha value is -7.91. The van der Waals surface area contributed by atoms with Crippen LogP contribution in [0.3, 0.4) is 0 Å². The van der Waals surface area contributed by atoms with E-state index in [1.54, 1.807) is 30.3 Å². The molecule has 0 radical (unpaired) electrons. The first-order valence-corrected chi connectivity index (χ1v) is 32.2. The van der Waals surface area contributed by atoms with Crippen LogP contribution in [0.15, 0.2) is 91.0 Å². The van der Waals surface area contributed by atoms with Gasteiger partial charge in [-0.25, -0.2) is 0 Å². The van der Waals surface area contributed by atoms with Gasteiger partial charge in [-0.3, -0.25) is 14.4 Å². The van der Waals surface area contributed by atoms with Crippen molar-refractivity contribution in [2.75, 3.05) is 79.3 Å². The van der Waals surface area contributed by atoms with Crippen molar-refractivity contribution in [3.8, 4) is 63.2 Å². The monoisotopic (exact) mass is 1200 g/mol. The number of benzene rings is 6. The topological polar surface area (TPSA) is 162 Å². The van der Waals surface area contributed by atoms with Crippen molar-refractivity contribution in [3.63, 3.8) is 0 Å². The number of ether oxygens (including phenoxy) is 12. The molecule has 0 fully saturated rings. The standard InChI is InChI=1S/C73H86O15/c74-49-53-19-22-56-52-77-25-7-1-9-33-85-70-44-57-40-58-45-71-73(88-36-16-3-11-28-80-65-24-21-55(51-76)39-69(65)84-32-15-6-18-35-86-71)47-60(58)43-63-61(41-59(57)46-72(70)87-34-17-4-12-29-81-66(56)37-53)42-62-48-67(63)82-30-13-5-14-31-83-68-38-54(50-75)20-23-64(68)79-27-10-2-8-26-78-62/h19-24,37-39,42,44-51H,1-18,25-36,40-41,43,52H2. The molecule has 88 heavy (non-hydrogen) atoms. The third-order valence-corrected chi connectivity index (χ3v) is 16.3. The van der Waals surface area contributed by atoms with Gasteiger partial charge >= 0.3 is 0 Å². The molecule has 0 aromatic heterocycles. The van der Waals surface area contributed by atoms with Crippen LogP contribution in [0.5, 0.6) is 63.2 Å². The van der Waals surface area contributed by atoms with Crippen LogP contribution in [0.2, 0.25) is 0 Å². The molecule has 0 spiro atoms. The van der Waals surface area contributed by atoms with E-state index in [4.69, 9.17) is 56.8 Å². The van der Waals surface area contributed by atoms with E-state index in [1.165, 1.54) is 0 Å². The molecule has 6 aromatic rings. The van der Waals surface area contributed by atoms with Crippen molar-refractivity contribution in [2.45, 2.75) is 141 Å². The van der Waals surface area contributed by atoms with Gasteiger partial charge in [0.2, 0.25) is 0 Å². The summed E-state index contributed by atoms with van der Waals surface area (Å²) in [4.78, 5) is 35.0. The maximum Gasteiger partial charge on any atom is 0.161 e. The summed E-state index contributed by atoms with van der Waals surface area (Å²) < 4.78 is 77.9.